The summed E-state index contributed by atoms with van der Waals surface area (Å²) < 4.78 is 58.1. The molecule has 3 aromatic carbocycles. The number of halogens is 1. The number of anilines is 2. The molecule has 4 N–H and O–H groups in total. The Labute approximate surface area is 286 Å². The average Bonchev–Trinajstić information content (AvgIpc) is 3.54. The van der Waals surface area contributed by atoms with Crippen LogP contribution < -0.4 is 25.8 Å². The number of sulfone groups is 1. The van der Waals surface area contributed by atoms with Crippen molar-refractivity contribution < 1.29 is 41.4 Å². The van der Waals surface area contributed by atoms with Crippen molar-refractivity contribution in [2.45, 2.75) is 75.8 Å². The Balaban J connectivity index is 1.85. The number of amides is 3. The number of carbonyl (C=O) groups excluding carboxylic acids is 3. The first kappa shape index (κ1) is 37.0. The van der Waals surface area contributed by atoms with E-state index in [0.717, 1.165) is 6.07 Å². The van der Waals surface area contributed by atoms with Crippen LogP contribution in [0, 0.1) is 5.82 Å². The summed E-state index contributed by atoms with van der Waals surface area (Å²) in [6.07, 6.45) is 0.109. The number of ether oxygens (including phenoxy) is 3. The first-order valence-corrected chi connectivity index (χ1v) is 17.5. The maximum atomic E-state index is 14.7. The van der Waals surface area contributed by atoms with Crippen molar-refractivity contribution in [3.8, 4) is 11.5 Å². The number of nitrogens with two attached hydrogens (primary N) is 1. The lowest BCUT2D eigenvalue weighted by Gasteiger charge is -2.32. The zero-order valence-electron chi connectivity index (χ0n) is 28.4. The molecule has 0 aliphatic carbocycles. The van der Waals surface area contributed by atoms with E-state index >= 15 is 0 Å². The predicted octanol–water partition coefficient (Wildman–Crippen LogP) is 5.99. The molecule has 3 amide bonds. The van der Waals surface area contributed by atoms with Crippen LogP contribution in [0.2, 0.25) is 0 Å². The minimum absolute atomic E-state index is 0.0468. The fourth-order valence-electron chi connectivity index (χ4n) is 5.67. The minimum Gasteiger partial charge on any atom is -0.490 e. The van der Waals surface area contributed by atoms with Gasteiger partial charge in [-0.2, -0.15) is 0 Å². The van der Waals surface area contributed by atoms with Gasteiger partial charge in [0.2, 0.25) is 5.91 Å². The van der Waals surface area contributed by atoms with E-state index in [1.165, 1.54) is 31.4 Å². The first-order valence-electron chi connectivity index (χ1n) is 16.0. The van der Waals surface area contributed by atoms with Crippen molar-refractivity contribution >= 4 is 39.1 Å². The van der Waals surface area contributed by atoms with Gasteiger partial charge >= 0.3 is 6.09 Å². The highest BCUT2D eigenvalue weighted by atomic mass is 32.2. The summed E-state index contributed by atoms with van der Waals surface area (Å²) in [5, 5.41) is 4.97. The molecule has 12 nitrogen and oxygen atoms in total. The molecular weight excluding hydrogens is 655 g/mol. The fourth-order valence-corrected chi connectivity index (χ4v) is 6.96. The van der Waals surface area contributed by atoms with Crippen LogP contribution >= 0.6 is 0 Å². The van der Waals surface area contributed by atoms with Crippen LogP contribution in [0.5, 0.6) is 11.5 Å². The number of carbonyl (C=O) groups is 3. The molecule has 1 heterocycles. The number of nitrogens with one attached hydrogen (secondary N) is 2. The SMILES string of the molecule is CCOc1cc(C(Nc2ccc(F)c(C(N)=O)c2)C(=O)N2CCCC2c2cc(NC(=O)OC)ccc2S(=O)(=O)C(C)C)ccc1OC(C)C. The normalized spacial score (nSPS) is 15.2. The lowest BCUT2D eigenvalue weighted by Crippen LogP contribution is -2.38. The van der Waals surface area contributed by atoms with Crippen molar-refractivity contribution in [3.05, 3.63) is 77.1 Å². The third-order valence-corrected chi connectivity index (χ3v) is 10.2. The van der Waals surface area contributed by atoms with Gasteiger partial charge in [0.05, 0.1) is 41.6 Å². The molecule has 1 fully saturated rings. The summed E-state index contributed by atoms with van der Waals surface area (Å²) in [5.74, 6) is -1.34. The smallest absolute Gasteiger partial charge is 0.411 e. The summed E-state index contributed by atoms with van der Waals surface area (Å²) in [6.45, 7) is 9.32. The third kappa shape index (κ3) is 8.42. The van der Waals surface area contributed by atoms with Gasteiger partial charge in [-0.1, -0.05) is 6.07 Å². The Morgan fingerprint density at radius 1 is 1.00 bits per heavy atom. The van der Waals surface area contributed by atoms with E-state index in [2.05, 4.69) is 10.6 Å². The van der Waals surface area contributed by atoms with E-state index in [0.29, 0.717) is 54.3 Å². The summed E-state index contributed by atoms with van der Waals surface area (Å²) in [6, 6.07) is 11.4. The van der Waals surface area contributed by atoms with Crippen LogP contribution in [-0.2, 0) is 19.4 Å². The topological polar surface area (TPSA) is 166 Å². The summed E-state index contributed by atoms with van der Waals surface area (Å²) >= 11 is 0. The lowest BCUT2D eigenvalue weighted by molar-refractivity contribution is -0.133. The third-order valence-electron chi connectivity index (χ3n) is 8.02. The molecule has 3 aromatic rings. The molecule has 0 aromatic heterocycles. The van der Waals surface area contributed by atoms with Gasteiger partial charge in [0.25, 0.3) is 5.91 Å². The van der Waals surface area contributed by atoms with Gasteiger partial charge in [-0.25, -0.2) is 17.6 Å². The van der Waals surface area contributed by atoms with Crippen LogP contribution in [0.25, 0.3) is 0 Å². The number of hydrogen-bond acceptors (Lipinski definition) is 9. The van der Waals surface area contributed by atoms with Gasteiger partial charge in [-0.3, -0.25) is 14.9 Å². The first-order chi connectivity index (χ1) is 23.2. The average molecular weight is 699 g/mol. The minimum atomic E-state index is -3.82. The Morgan fingerprint density at radius 3 is 2.35 bits per heavy atom. The van der Waals surface area contributed by atoms with Crippen LogP contribution in [-0.4, -0.2) is 62.8 Å². The second kappa shape index (κ2) is 15.6. The van der Waals surface area contributed by atoms with E-state index in [9.17, 15) is 27.2 Å². The van der Waals surface area contributed by atoms with Gasteiger partial charge in [0.15, 0.2) is 21.3 Å². The molecule has 1 aliphatic heterocycles. The largest absolute Gasteiger partial charge is 0.490 e. The lowest BCUT2D eigenvalue weighted by atomic mass is 10.00. The van der Waals surface area contributed by atoms with E-state index in [1.807, 2.05) is 20.8 Å². The van der Waals surface area contributed by atoms with E-state index in [-0.39, 0.29) is 22.3 Å². The molecular formula is C35H43FN4O8S. The van der Waals surface area contributed by atoms with Crippen LogP contribution in [0.4, 0.5) is 20.6 Å². The molecule has 4 rings (SSSR count). The Kier molecular flexibility index (Phi) is 11.8. The molecule has 1 aliphatic rings. The molecule has 0 radical (unpaired) electrons. The van der Waals surface area contributed by atoms with Crippen LogP contribution in [0.3, 0.4) is 0 Å². The van der Waals surface area contributed by atoms with Crippen LogP contribution in [0.1, 0.15) is 81.0 Å². The van der Waals surface area contributed by atoms with Gasteiger partial charge < -0.3 is 30.2 Å². The second-order valence-electron chi connectivity index (χ2n) is 12.1. The van der Waals surface area contributed by atoms with Gasteiger partial charge in [-0.15, -0.1) is 0 Å². The molecule has 0 bridgehead atoms. The predicted molar refractivity (Wildman–Crippen MR) is 183 cm³/mol. The number of likely N-dealkylation sites (tertiary alicyclic amines) is 1. The van der Waals surface area contributed by atoms with E-state index in [1.54, 1.807) is 43.0 Å². The Hall–Kier alpha value is -4.85. The molecule has 14 heteroatoms. The number of benzene rings is 3. The molecule has 49 heavy (non-hydrogen) atoms. The van der Waals surface area contributed by atoms with Crippen molar-refractivity contribution in [2.24, 2.45) is 5.73 Å². The number of methoxy groups -OCH3 is 1. The number of hydrogen-bond donors (Lipinski definition) is 3. The standard InChI is InChI=1S/C35H43FN4O8S/c1-7-47-30-17-22(10-14-29(30)48-20(2)3)32(38-23-11-13-27(36)25(18-23)33(37)41)34(42)40-16-8-9-28(40)26-19-24(39-35(43)46-6)12-15-31(26)49(44,45)21(4)5/h10-15,17-21,28,32,38H,7-9,16H2,1-6H3,(H2,37,41)(H,39,43). The molecule has 1 saturated heterocycles. The monoisotopic (exact) mass is 698 g/mol. The Bertz CT molecular complexity index is 1810. The molecule has 2 unspecified atom stereocenters. The highest BCUT2D eigenvalue weighted by Gasteiger charge is 2.38. The number of nitrogens with zero attached hydrogens (tertiary/aromatic N) is 1. The maximum absolute atomic E-state index is 14.7. The summed E-state index contributed by atoms with van der Waals surface area (Å²) in [7, 11) is -2.60. The maximum Gasteiger partial charge on any atom is 0.411 e. The fraction of sp³-hybridized carbons (Fsp3) is 0.400. The van der Waals surface area contributed by atoms with Crippen molar-refractivity contribution in [1.29, 1.82) is 0 Å². The van der Waals surface area contributed by atoms with Crippen molar-refractivity contribution in [3.63, 3.8) is 0 Å². The highest BCUT2D eigenvalue weighted by Crippen LogP contribution is 2.41. The number of rotatable bonds is 13. The van der Waals surface area contributed by atoms with Gasteiger partial charge in [-0.05, 0) is 107 Å². The van der Waals surface area contributed by atoms with Gasteiger partial charge in [0.1, 0.15) is 11.9 Å². The van der Waals surface area contributed by atoms with Crippen molar-refractivity contribution in [1.82, 2.24) is 4.90 Å². The van der Waals surface area contributed by atoms with E-state index < -0.39 is 50.9 Å². The summed E-state index contributed by atoms with van der Waals surface area (Å²) in [5.41, 5.74) is 6.41. The highest BCUT2D eigenvalue weighted by molar-refractivity contribution is 7.92. The molecule has 2 atom stereocenters. The van der Waals surface area contributed by atoms with E-state index in [4.69, 9.17) is 19.9 Å². The number of primary amides is 1. The molecule has 264 valence electrons. The Morgan fingerprint density at radius 2 is 1.71 bits per heavy atom. The van der Waals surface area contributed by atoms with Gasteiger partial charge in [0, 0.05) is 17.9 Å². The van der Waals surface area contributed by atoms with Crippen molar-refractivity contribution in [2.75, 3.05) is 30.9 Å². The zero-order valence-corrected chi connectivity index (χ0v) is 29.2. The van der Waals surface area contributed by atoms with Crippen LogP contribution in [0.15, 0.2) is 59.5 Å². The quantitative estimate of drug-likeness (QED) is 0.194. The summed E-state index contributed by atoms with van der Waals surface area (Å²) in [4.78, 5) is 40.4. The second-order valence-corrected chi connectivity index (χ2v) is 14.6. The molecule has 0 spiro atoms. The zero-order chi connectivity index (χ0) is 36.0. The molecule has 0 saturated carbocycles.